The summed E-state index contributed by atoms with van der Waals surface area (Å²) in [6.07, 6.45) is 8.06. The van der Waals surface area contributed by atoms with Crippen LogP contribution in [0.3, 0.4) is 0 Å². The Bertz CT molecular complexity index is 4480. The van der Waals surface area contributed by atoms with Crippen molar-refractivity contribution in [3.63, 3.8) is 0 Å². The highest BCUT2D eigenvalue weighted by atomic mass is 15.2. The molecule has 4 aromatic heterocycles. The van der Waals surface area contributed by atoms with E-state index in [4.69, 9.17) is 9.97 Å². The minimum Gasteiger partial charge on any atom is -0.334 e. The van der Waals surface area contributed by atoms with E-state index >= 15 is 0 Å². The summed E-state index contributed by atoms with van der Waals surface area (Å²) in [6.45, 7) is 4.74. The topological polar surface area (TPSA) is 38.4 Å². The van der Waals surface area contributed by atoms with Gasteiger partial charge in [-0.1, -0.05) is 208 Å². The molecular formula is C69H49N5. The maximum Gasteiger partial charge on any atom is 0.236 e. The molecule has 4 heterocycles. The molecule has 0 radical (unpaired) electrons. The van der Waals surface area contributed by atoms with Gasteiger partial charge in [0.25, 0.3) is 0 Å². The van der Waals surface area contributed by atoms with Crippen LogP contribution < -0.4 is 4.90 Å². The molecule has 74 heavy (non-hydrogen) atoms. The highest BCUT2D eigenvalue weighted by Gasteiger charge is 2.38. The molecule has 0 aliphatic heterocycles. The van der Waals surface area contributed by atoms with Crippen molar-refractivity contribution in [2.24, 2.45) is 0 Å². The van der Waals surface area contributed by atoms with E-state index in [1.54, 1.807) is 0 Å². The summed E-state index contributed by atoms with van der Waals surface area (Å²) in [4.78, 5) is 13.5. The molecule has 0 saturated carbocycles. The summed E-state index contributed by atoms with van der Waals surface area (Å²) in [5.74, 6) is 0.639. The van der Waals surface area contributed by atoms with E-state index in [9.17, 15) is 0 Å². The van der Waals surface area contributed by atoms with Gasteiger partial charge in [-0.25, -0.2) is 9.97 Å². The quantitative estimate of drug-likeness (QED) is 0.160. The lowest BCUT2D eigenvalue weighted by atomic mass is 9.82. The highest BCUT2D eigenvalue weighted by molar-refractivity contribution is 6.25. The molecule has 1 atom stereocenters. The summed E-state index contributed by atoms with van der Waals surface area (Å²) < 4.78 is 4.76. The van der Waals surface area contributed by atoms with Crippen molar-refractivity contribution in [1.82, 2.24) is 18.9 Å². The van der Waals surface area contributed by atoms with Crippen LogP contribution in [-0.2, 0) is 5.41 Å². The third-order valence-corrected chi connectivity index (χ3v) is 16.0. The van der Waals surface area contributed by atoms with E-state index in [-0.39, 0.29) is 11.5 Å². The lowest BCUT2D eigenvalue weighted by Gasteiger charge is -2.35. The van der Waals surface area contributed by atoms with Gasteiger partial charge in [0.1, 0.15) is 5.65 Å². The largest absolute Gasteiger partial charge is 0.334 e. The van der Waals surface area contributed by atoms with Crippen LogP contribution in [0.1, 0.15) is 37.0 Å². The normalized spacial score (nSPS) is 14.8. The zero-order valence-electron chi connectivity index (χ0n) is 41.1. The molecule has 9 aromatic carbocycles. The minimum absolute atomic E-state index is 0.0671. The van der Waals surface area contributed by atoms with E-state index in [0.717, 1.165) is 56.2 Å². The van der Waals surface area contributed by atoms with Crippen LogP contribution in [0.4, 0.5) is 11.4 Å². The number of fused-ring (bicyclic) bond motifs is 14. The highest BCUT2D eigenvalue weighted by Crippen LogP contribution is 2.54. The Hall–Kier alpha value is -9.32. The fourth-order valence-electron chi connectivity index (χ4n) is 12.5. The van der Waals surface area contributed by atoms with E-state index in [1.807, 2.05) is 0 Å². The monoisotopic (exact) mass is 947 g/mol. The Kier molecular flexibility index (Phi) is 9.36. The molecule has 1 unspecified atom stereocenters. The van der Waals surface area contributed by atoms with Crippen molar-refractivity contribution in [2.45, 2.75) is 31.7 Å². The van der Waals surface area contributed by atoms with Gasteiger partial charge >= 0.3 is 0 Å². The Morgan fingerprint density at radius 1 is 0.514 bits per heavy atom. The Balaban J connectivity index is 0.912. The first-order valence-corrected chi connectivity index (χ1v) is 25.8. The van der Waals surface area contributed by atoms with Crippen LogP contribution in [0, 0.1) is 0 Å². The molecule has 13 aromatic rings. The van der Waals surface area contributed by atoms with Crippen LogP contribution in [0.2, 0.25) is 0 Å². The maximum absolute atomic E-state index is 5.53. The summed E-state index contributed by atoms with van der Waals surface area (Å²) in [6, 6.07) is 81.7. The van der Waals surface area contributed by atoms with Crippen LogP contribution >= 0.6 is 0 Å². The van der Waals surface area contributed by atoms with E-state index < -0.39 is 0 Å². The molecule has 350 valence electrons. The number of anilines is 2. The molecule has 0 saturated heterocycles. The third kappa shape index (κ3) is 6.36. The van der Waals surface area contributed by atoms with Crippen LogP contribution in [0.15, 0.2) is 243 Å². The number of aromatic nitrogens is 4. The smallest absolute Gasteiger partial charge is 0.236 e. The van der Waals surface area contributed by atoms with E-state index in [0.29, 0.717) is 5.95 Å². The van der Waals surface area contributed by atoms with Gasteiger partial charge in [0.05, 0.1) is 33.8 Å². The molecule has 5 heteroatoms. The number of para-hydroxylation sites is 2. The summed E-state index contributed by atoms with van der Waals surface area (Å²) in [7, 11) is 0. The SMILES string of the molecule is CC1(C)c2ccccc2-c2c(N(c3ccc(-c4ccccc4)cc3)C3C=CC(c4ccc5c(c4)c4c6ccccc6c6cc7ccccc7n6c4n5-c4nc(-c5ccccc5)c5ccccc5n4)=CC3)cccc21. The Morgan fingerprint density at radius 2 is 1.19 bits per heavy atom. The molecule has 2 aliphatic carbocycles. The first-order valence-electron chi connectivity index (χ1n) is 25.8. The fraction of sp³-hybridized carbons (Fsp3) is 0.0725. The Labute approximate surface area is 429 Å². The number of pyridine rings is 1. The van der Waals surface area contributed by atoms with Gasteiger partial charge in [-0.2, -0.15) is 0 Å². The van der Waals surface area contributed by atoms with Crippen molar-refractivity contribution in [2.75, 3.05) is 4.90 Å². The van der Waals surface area contributed by atoms with Crippen molar-refractivity contribution in [3.8, 4) is 39.5 Å². The molecular weight excluding hydrogens is 899 g/mol. The summed E-state index contributed by atoms with van der Waals surface area (Å²) >= 11 is 0. The molecule has 0 bridgehead atoms. The van der Waals surface area contributed by atoms with Gasteiger partial charge in [0, 0.05) is 54.8 Å². The zero-order valence-corrected chi connectivity index (χ0v) is 41.1. The number of nitrogens with zero attached hydrogens (tertiary/aromatic N) is 5. The third-order valence-electron chi connectivity index (χ3n) is 16.0. The molecule has 0 amide bonds. The zero-order chi connectivity index (χ0) is 49.1. The van der Waals surface area contributed by atoms with Crippen LogP contribution in [0.25, 0.3) is 105 Å². The van der Waals surface area contributed by atoms with Crippen molar-refractivity contribution in [1.29, 1.82) is 0 Å². The first kappa shape index (κ1) is 42.4. The lowest BCUT2D eigenvalue weighted by Crippen LogP contribution is -2.30. The second-order valence-electron chi connectivity index (χ2n) is 20.5. The van der Waals surface area contributed by atoms with Gasteiger partial charge in [0.2, 0.25) is 5.95 Å². The Morgan fingerprint density at radius 3 is 2.00 bits per heavy atom. The second-order valence-corrected chi connectivity index (χ2v) is 20.5. The van der Waals surface area contributed by atoms with Gasteiger partial charge in [-0.15, -0.1) is 0 Å². The van der Waals surface area contributed by atoms with E-state index in [2.05, 4.69) is 270 Å². The minimum atomic E-state index is -0.113. The average molecular weight is 948 g/mol. The van der Waals surface area contributed by atoms with Crippen molar-refractivity contribution >= 4 is 77.0 Å². The lowest BCUT2D eigenvalue weighted by molar-refractivity contribution is 0.660. The molecule has 15 rings (SSSR count). The number of rotatable bonds is 7. The van der Waals surface area contributed by atoms with Gasteiger partial charge < -0.3 is 4.90 Å². The van der Waals surface area contributed by atoms with Gasteiger partial charge in [-0.05, 0) is 99.3 Å². The van der Waals surface area contributed by atoms with Crippen molar-refractivity contribution in [3.05, 3.63) is 259 Å². The summed E-state index contributed by atoms with van der Waals surface area (Å²) in [5, 5.41) is 6.95. The van der Waals surface area contributed by atoms with Crippen LogP contribution in [0.5, 0.6) is 0 Å². The predicted molar refractivity (Wildman–Crippen MR) is 309 cm³/mol. The molecule has 0 N–H and O–H groups in total. The molecule has 5 nitrogen and oxygen atoms in total. The maximum atomic E-state index is 5.53. The van der Waals surface area contributed by atoms with Crippen LogP contribution in [-0.4, -0.2) is 25.0 Å². The van der Waals surface area contributed by atoms with Crippen molar-refractivity contribution < 1.29 is 0 Å². The standard InChI is InChI=1S/C69H49N5/c1-69(2)57-27-14-12-25-54(57)65-58(69)28-17-31-62(65)72(50-37-32-45(33-38-50)44-18-5-3-6-19-44)51-39-34-46(35-40-51)48-36-41-61-56(42-48)64-53-24-11-10-23-52(53)63-43-49-22-9-16-30-60(49)73(63)67(64)74(61)68-70-59-29-15-13-26-55(59)66(71-68)47-20-7-4-8-21-47/h3-39,41-43,51H,40H2,1-2H3. The molecule has 2 aliphatic rings. The second kappa shape index (κ2) is 16.4. The predicted octanol–water partition coefficient (Wildman–Crippen LogP) is 17.5. The number of hydrogen-bond donors (Lipinski definition) is 0. The number of allylic oxidation sites excluding steroid dienone is 2. The first-order chi connectivity index (χ1) is 36.5. The fourth-order valence-corrected chi connectivity index (χ4v) is 12.5. The van der Waals surface area contributed by atoms with Gasteiger partial charge in [0.15, 0.2) is 0 Å². The molecule has 0 fully saturated rings. The average Bonchev–Trinajstić information content (AvgIpc) is 4.10. The summed E-state index contributed by atoms with van der Waals surface area (Å²) in [5.41, 5.74) is 19.8. The molecule has 0 spiro atoms. The van der Waals surface area contributed by atoms with Gasteiger partial charge in [-0.3, -0.25) is 8.97 Å². The number of hydrogen-bond acceptors (Lipinski definition) is 3. The number of benzene rings is 9. The van der Waals surface area contributed by atoms with E-state index in [1.165, 1.54) is 77.4 Å².